The maximum absolute atomic E-state index is 11.6. The molecule has 100 valence electrons. The second kappa shape index (κ2) is 5.95. The van der Waals surface area contributed by atoms with E-state index in [0.29, 0.717) is 12.8 Å². The minimum Gasteiger partial charge on any atom is -0.480 e. The molecule has 1 rings (SSSR count). The van der Waals surface area contributed by atoms with E-state index in [-0.39, 0.29) is 5.91 Å². The molecule has 0 radical (unpaired) electrons. The molecular weight excluding hydrogens is 252 g/mol. The monoisotopic (exact) mass is 270 g/mol. The Morgan fingerprint density at radius 2 is 2.17 bits per heavy atom. The van der Waals surface area contributed by atoms with Gasteiger partial charge in [0.15, 0.2) is 0 Å². The second-order valence-electron chi connectivity index (χ2n) is 4.69. The summed E-state index contributed by atoms with van der Waals surface area (Å²) in [7, 11) is 0. The Morgan fingerprint density at radius 1 is 1.50 bits per heavy atom. The fraction of sp³-hybridized carbons (Fsp3) is 0.583. The normalized spacial score (nSPS) is 11.3. The van der Waals surface area contributed by atoms with Gasteiger partial charge < -0.3 is 10.4 Å². The van der Waals surface area contributed by atoms with Gasteiger partial charge in [0.1, 0.15) is 5.54 Å². The molecule has 0 bridgehead atoms. The maximum atomic E-state index is 11.6. The fourth-order valence-corrected chi connectivity index (χ4v) is 2.06. The Hall–Kier alpha value is -1.43. The number of aliphatic carboxylic acids is 1. The zero-order chi connectivity index (χ0) is 13.8. The number of amides is 1. The molecule has 0 atom stereocenters. The Labute approximate surface area is 110 Å². The van der Waals surface area contributed by atoms with Crippen LogP contribution in [0.4, 0.5) is 0 Å². The summed E-state index contributed by atoms with van der Waals surface area (Å²) in [5.41, 5.74) is -0.225. The van der Waals surface area contributed by atoms with E-state index in [4.69, 9.17) is 5.11 Å². The van der Waals surface area contributed by atoms with Crippen LogP contribution in [-0.4, -0.2) is 27.5 Å². The van der Waals surface area contributed by atoms with E-state index in [1.807, 2.05) is 12.3 Å². The summed E-state index contributed by atoms with van der Waals surface area (Å²) in [6, 6.07) is 0. The van der Waals surface area contributed by atoms with Crippen LogP contribution in [0.5, 0.6) is 0 Å². The molecule has 0 aliphatic carbocycles. The van der Waals surface area contributed by atoms with Gasteiger partial charge in [-0.25, -0.2) is 9.78 Å². The Kier molecular flexibility index (Phi) is 4.84. The number of carboxylic acid groups (broad SMARTS) is 1. The predicted octanol–water partition coefficient (Wildman–Crippen LogP) is 1.75. The fourth-order valence-electron chi connectivity index (χ4n) is 1.42. The van der Waals surface area contributed by atoms with Gasteiger partial charge in [-0.15, -0.1) is 11.3 Å². The van der Waals surface area contributed by atoms with Gasteiger partial charge in [0, 0.05) is 11.8 Å². The molecule has 0 saturated carbocycles. The summed E-state index contributed by atoms with van der Waals surface area (Å²) in [5.74, 6) is -1.28. The average molecular weight is 270 g/mol. The number of carbonyl (C=O) groups is 2. The molecule has 1 heterocycles. The van der Waals surface area contributed by atoms with Gasteiger partial charge in [0.05, 0.1) is 10.7 Å². The van der Waals surface area contributed by atoms with Gasteiger partial charge in [0.2, 0.25) is 5.91 Å². The van der Waals surface area contributed by atoms with Gasteiger partial charge in [-0.1, -0.05) is 0 Å². The van der Waals surface area contributed by atoms with Gasteiger partial charge >= 0.3 is 5.97 Å². The Bertz CT molecular complexity index is 440. The van der Waals surface area contributed by atoms with Crippen molar-refractivity contribution in [3.05, 3.63) is 16.1 Å². The van der Waals surface area contributed by atoms with Crippen LogP contribution in [0.25, 0.3) is 0 Å². The molecule has 0 fully saturated rings. The van der Waals surface area contributed by atoms with Crippen molar-refractivity contribution in [2.45, 2.75) is 45.6 Å². The summed E-state index contributed by atoms with van der Waals surface area (Å²) >= 11 is 1.59. The first kappa shape index (κ1) is 14.6. The average Bonchev–Trinajstić information content (AvgIpc) is 2.63. The number of aryl methyl sites for hydroxylation is 2. The molecule has 0 aromatic carbocycles. The van der Waals surface area contributed by atoms with Crippen molar-refractivity contribution in [2.75, 3.05) is 0 Å². The number of carbonyl (C=O) groups excluding carboxylic acids is 1. The molecule has 1 aromatic heterocycles. The zero-order valence-corrected chi connectivity index (χ0v) is 11.6. The highest BCUT2D eigenvalue weighted by molar-refractivity contribution is 7.09. The van der Waals surface area contributed by atoms with Crippen molar-refractivity contribution in [1.29, 1.82) is 0 Å². The van der Waals surface area contributed by atoms with Crippen LogP contribution in [0.1, 0.15) is 37.4 Å². The van der Waals surface area contributed by atoms with Gasteiger partial charge in [0.25, 0.3) is 0 Å². The van der Waals surface area contributed by atoms with Crippen LogP contribution in [0.3, 0.4) is 0 Å². The third kappa shape index (κ3) is 4.44. The van der Waals surface area contributed by atoms with E-state index >= 15 is 0 Å². The molecule has 0 aliphatic rings. The summed E-state index contributed by atoms with van der Waals surface area (Å²) in [6.45, 7) is 4.88. The van der Waals surface area contributed by atoms with Crippen molar-refractivity contribution in [3.8, 4) is 0 Å². The molecular formula is C12H18N2O3S. The van der Waals surface area contributed by atoms with E-state index in [1.54, 1.807) is 11.3 Å². The third-order valence-electron chi connectivity index (χ3n) is 2.49. The van der Waals surface area contributed by atoms with Gasteiger partial charge in [-0.05, 0) is 33.6 Å². The van der Waals surface area contributed by atoms with E-state index in [2.05, 4.69) is 10.3 Å². The number of carboxylic acids is 1. The molecule has 18 heavy (non-hydrogen) atoms. The molecule has 0 aliphatic heterocycles. The minimum absolute atomic E-state index is 0.241. The van der Waals surface area contributed by atoms with Crippen molar-refractivity contribution in [2.24, 2.45) is 0 Å². The first-order valence-corrected chi connectivity index (χ1v) is 6.64. The molecule has 1 amide bonds. The van der Waals surface area contributed by atoms with E-state index in [9.17, 15) is 9.59 Å². The van der Waals surface area contributed by atoms with Gasteiger partial charge in [-0.3, -0.25) is 4.79 Å². The quantitative estimate of drug-likeness (QED) is 0.825. The highest BCUT2D eigenvalue weighted by Crippen LogP contribution is 2.11. The number of nitrogens with zero attached hydrogens (tertiary/aromatic N) is 1. The molecule has 2 N–H and O–H groups in total. The lowest BCUT2D eigenvalue weighted by Crippen LogP contribution is -2.49. The maximum Gasteiger partial charge on any atom is 0.328 e. The number of aromatic nitrogens is 1. The van der Waals surface area contributed by atoms with Crippen LogP contribution in [-0.2, 0) is 16.0 Å². The Balaban J connectivity index is 2.32. The lowest BCUT2D eigenvalue weighted by atomic mass is 10.1. The van der Waals surface area contributed by atoms with Crippen LogP contribution < -0.4 is 5.32 Å². The lowest BCUT2D eigenvalue weighted by molar-refractivity contribution is -0.146. The summed E-state index contributed by atoms with van der Waals surface area (Å²) in [5, 5.41) is 14.4. The first-order chi connectivity index (χ1) is 8.31. The largest absolute Gasteiger partial charge is 0.480 e. The first-order valence-electron chi connectivity index (χ1n) is 5.76. The summed E-state index contributed by atoms with van der Waals surface area (Å²) in [6.07, 6.45) is 1.73. The van der Waals surface area contributed by atoms with Crippen LogP contribution in [0, 0.1) is 6.92 Å². The minimum atomic E-state index is -1.21. The summed E-state index contributed by atoms with van der Waals surface area (Å²) < 4.78 is 0. The molecule has 0 unspecified atom stereocenters. The van der Waals surface area contributed by atoms with Crippen LogP contribution in [0.2, 0.25) is 0 Å². The number of nitrogens with one attached hydrogen (secondary N) is 1. The predicted molar refractivity (Wildman–Crippen MR) is 69.6 cm³/mol. The van der Waals surface area contributed by atoms with Crippen molar-refractivity contribution < 1.29 is 14.7 Å². The Morgan fingerprint density at radius 3 is 2.67 bits per heavy atom. The topological polar surface area (TPSA) is 79.3 Å². The number of hydrogen-bond acceptors (Lipinski definition) is 4. The van der Waals surface area contributed by atoms with Crippen molar-refractivity contribution >= 4 is 23.2 Å². The highest BCUT2D eigenvalue weighted by atomic mass is 32.1. The molecule has 5 nitrogen and oxygen atoms in total. The molecule has 0 spiro atoms. The van der Waals surface area contributed by atoms with E-state index < -0.39 is 11.5 Å². The standard InChI is InChI=1S/C12H18N2O3S/c1-8-13-9(7-18-8)5-4-6-10(15)14-12(2,3)11(16)17/h7H,4-6H2,1-3H3,(H,14,15)(H,16,17). The summed E-state index contributed by atoms with van der Waals surface area (Å²) in [4.78, 5) is 26.7. The molecule has 6 heteroatoms. The number of hydrogen-bond donors (Lipinski definition) is 2. The van der Waals surface area contributed by atoms with Crippen molar-refractivity contribution in [3.63, 3.8) is 0 Å². The third-order valence-corrected chi connectivity index (χ3v) is 3.31. The van der Waals surface area contributed by atoms with Crippen LogP contribution >= 0.6 is 11.3 Å². The van der Waals surface area contributed by atoms with Crippen LogP contribution in [0.15, 0.2) is 5.38 Å². The smallest absolute Gasteiger partial charge is 0.328 e. The van der Waals surface area contributed by atoms with Crippen molar-refractivity contribution in [1.82, 2.24) is 10.3 Å². The number of rotatable bonds is 6. The number of thiazole rings is 1. The second-order valence-corrected chi connectivity index (χ2v) is 5.75. The van der Waals surface area contributed by atoms with E-state index in [0.717, 1.165) is 17.1 Å². The molecule has 1 aromatic rings. The van der Waals surface area contributed by atoms with E-state index in [1.165, 1.54) is 13.8 Å². The zero-order valence-electron chi connectivity index (χ0n) is 10.8. The SMILES string of the molecule is Cc1nc(CCCC(=O)NC(C)(C)C(=O)O)cs1. The lowest BCUT2D eigenvalue weighted by Gasteiger charge is -2.20. The highest BCUT2D eigenvalue weighted by Gasteiger charge is 2.28. The molecule has 0 saturated heterocycles. The van der Waals surface area contributed by atoms with Gasteiger partial charge in [-0.2, -0.15) is 0 Å².